The first kappa shape index (κ1) is 14.8. The average Bonchev–Trinajstić information content (AvgIpc) is 2.24. The molecule has 0 aliphatic carbocycles. The summed E-state index contributed by atoms with van der Waals surface area (Å²) in [6, 6.07) is 2.96. The Morgan fingerprint density at radius 3 is 2.47 bits per heavy atom. The molecular weight excluding hydrogens is 265 g/mol. The fourth-order valence-electron chi connectivity index (χ4n) is 1.25. The van der Waals surface area contributed by atoms with Gasteiger partial charge in [0.05, 0.1) is 16.6 Å². The highest BCUT2D eigenvalue weighted by Gasteiger charge is 2.31. The molecule has 0 atom stereocenters. The minimum Gasteiger partial charge on any atom is -0.406 e. The van der Waals surface area contributed by atoms with E-state index in [0.29, 0.717) is 0 Å². The molecule has 0 spiro atoms. The van der Waals surface area contributed by atoms with Gasteiger partial charge in [0.15, 0.2) is 0 Å². The third-order valence-corrected chi connectivity index (χ3v) is 1.98. The molecule has 8 heteroatoms. The summed E-state index contributed by atoms with van der Waals surface area (Å²) in [4.78, 5) is 11.7. The average molecular weight is 276 g/mol. The number of halogens is 3. The van der Waals surface area contributed by atoms with Crippen LogP contribution in [0.4, 0.5) is 18.9 Å². The smallest absolute Gasteiger partial charge is 0.406 e. The highest BCUT2D eigenvalue weighted by Crippen LogP contribution is 2.29. The van der Waals surface area contributed by atoms with E-state index in [0.717, 1.165) is 12.1 Å². The van der Waals surface area contributed by atoms with Gasteiger partial charge in [0.1, 0.15) is 5.75 Å². The van der Waals surface area contributed by atoms with Crippen LogP contribution in [0.15, 0.2) is 24.4 Å². The van der Waals surface area contributed by atoms with Crippen LogP contribution in [0.25, 0.3) is 6.08 Å². The van der Waals surface area contributed by atoms with Crippen LogP contribution in [0.1, 0.15) is 5.56 Å². The van der Waals surface area contributed by atoms with Crippen molar-refractivity contribution < 1.29 is 22.8 Å². The number of nitro benzene ring substituents is 1. The molecule has 104 valence electrons. The van der Waals surface area contributed by atoms with Crippen molar-refractivity contribution in [3.63, 3.8) is 0 Å². The van der Waals surface area contributed by atoms with Crippen LogP contribution in [0.3, 0.4) is 0 Å². The Morgan fingerprint density at radius 1 is 1.37 bits per heavy atom. The first-order valence-electron chi connectivity index (χ1n) is 5.08. The first-order chi connectivity index (χ1) is 8.69. The van der Waals surface area contributed by atoms with E-state index >= 15 is 0 Å². The maximum absolute atomic E-state index is 12.0. The van der Waals surface area contributed by atoms with Gasteiger partial charge >= 0.3 is 6.36 Å². The van der Waals surface area contributed by atoms with E-state index in [-0.39, 0.29) is 5.56 Å². The lowest BCUT2D eigenvalue weighted by Gasteiger charge is -2.09. The van der Waals surface area contributed by atoms with Crippen LogP contribution in [0, 0.1) is 10.1 Å². The normalized spacial score (nSPS) is 11.6. The van der Waals surface area contributed by atoms with Crippen LogP contribution < -0.4 is 4.74 Å². The van der Waals surface area contributed by atoms with Gasteiger partial charge in [-0.1, -0.05) is 0 Å². The zero-order valence-corrected chi connectivity index (χ0v) is 10.1. The largest absolute Gasteiger partial charge is 0.573 e. The van der Waals surface area contributed by atoms with Gasteiger partial charge in [-0.25, -0.2) is 0 Å². The van der Waals surface area contributed by atoms with Gasteiger partial charge < -0.3 is 9.64 Å². The van der Waals surface area contributed by atoms with Crippen molar-refractivity contribution in [2.75, 3.05) is 14.1 Å². The summed E-state index contributed by atoms with van der Waals surface area (Å²) in [7, 11) is 3.42. The minimum atomic E-state index is -4.88. The quantitative estimate of drug-likeness (QED) is 0.626. The highest BCUT2D eigenvalue weighted by atomic mass is 19.4. The molecule has 0 radical (unpaired) electrons. The summed E-state index contributed by atoms with van der Waals surface area (Å²) in [5, 5.41) is 10.8. The van der Waals surface area contributed by atoms with Crippen molar-refractivity contribution in [1.82, 2.24) is 4.90 Å². The number of hydrogen-bond acceptors (Lipinski definition) is 4. The lowest BCUT2D eigenvalue weighted by molar-refractivity contribution is -0.385. The molecule has 0 amide bonds. The van der Waals surface area contributed by atoms with Crippen LogP contribution >= 0.6 is 0 Å². The van der Waals surface area contributed by atoms with Gasteiger partial charge in [-0.15, -0.1) is 13.2 Å². The molecule has 0 bridgehead atoms. The lowest BCUT2D eigenvalue weighted by Crippen LogP contribution is -2.17. The van der Waals surface area contributed by atoms with Crippen molar-refractivity contribution in [3.05, 3.63) is 40.1 Å². The van der Waals surface area contributed by atoms with Crippen LogP contribution in [0.5, 0.6) is 5.75 Å². The Balaban J connectivity index is 3.12. The van der Waals surface area contributed by atoms with Gasteiger partial charge in [-0.05, 0) is 24.4 Å². The molecule has 0 fully saturated rings. The molecule has 0 saturated heterocycles. The predicted molar refractivity (Wildman–Crippen MR) is 62.5 cm³/mol. The standard InChI is InChI=1S/C11H11F3N2O3/c1-15(2)6-5-8-3-4-9(19-11(12,13)14)7-10(8)16(17)18/h3-7H,1-2H3. The van der Waals surface area contributed by atoms with E-state index in [2.05, 4.69) is 4.74 Å². The zero-order chi connectivity index (χ0) is 14.6. The number of benzene rings is 1. The fourth-order valence-corrected chi connectivity index (χ4v) is 1.25. The van der Waals surface area contributed by atoms with E-state index in [4.69, 9.17) is 0 Å². The molecular formula is C11H11F3N2O3. The monoisotopic (exact) mass is 276 g/mol. The Morgan fingerprint density at radius 2 is 2.00 bits per heavy atom. The Bertz CT molecular complexity index is 498. The van der Waals surface area contributed by atoms with Crippen molar-refractivity contribution in [2.45, 2.75) is 6.36 Å². The summed E-state index contributed by atoms with van der Waals surface area (Å²) < 4.78 is 39.7. The Labute approximate surface area is 107 Å². The van der Waals surface area contributed by atoms with Gasteiger partial charge in [-0.2, -0.15) is 0 Å². The molecule has 5 nitrogen and oxygen atoms in total. The second-order valence-corrected chi connectivity index (χ2v) is 3.80. The third-order valence-electron chi connectivity index (χ3n) is 1.98. The Kier molecular flexibility index (Phi) is 4.36. The molecule has 0 aliphatic heterocycles. The number of nitro groups is 1. The number of hydrogen-bond donors (Lipinski definition) is 0. The second kappa shape index (κ2) is 5.59. The van der Waals surface area contributed by atoms with Crippen molar-refractivity contribution in [2.24, 2.45) is 0 Å². The van der Waals surface area contributed by atoms with Crippen LogP contribution in [-0.4, -0.2) is 30.3 Å². The minimum absolute atomic E-state index is 0.188. The number of ether oxygens (including phenoxy) is 1. The molecule has 0 unspecified atom stereocenters. The Hall–Kier alpha value is -2.25. The van der Waals surface area contributed by atoms with Gasteiger partial charge in [-0.3, -0.25) is 10.1 Å². The van der Waals surface area contributed by atoms with Gasteiger partial charge in [0.2, 0.25) is 0 Å². The number of nitrogens with zero attached hydrogens (tertiary/aromatic N) is 2. The van der Waals surface area contributed by atoms with Crippen LogP contribution in [-0.2, 0) is 0 Å². The highest BCUT2D eigenvalue weighted by molar-refractivity contribution is 5.62. The van der Waals surface area contributed by atoms with Crippen molar-refractivity contribution in [3.8, 4) is 5.75 Å². The van der Waals surface area contributed by atoms with E-state index in [1.807, 2.05) is 0 Å². The maximum Gasteiger partial charge on any atom is 0.573 e. The summed E-state index contributed by atoms with van der Waals surface area (Å²) in [6.07, 6.45) is -1.91. The van der Waals surface area contributed by atoms with E-state index < -0.39 is 22.7 Å². The zero-order valence-electron chi connectivity index (χ0n) is 10.1. The number of alkyl halides is 3. The van der Waals surface area contributed by atoms with E-state index in [9.17, 15) is 23.3 Å². The summed E-state index contributed by atoms with van der Waals surface area (Å²) in [5.74, 6) is -0.624. The van der Waals surface area contributed by atoms with E-state index in [1.54, 1.807) is 25.2 Å². The van der Waals surface area contributed by atoms with Gasteiger partial charge in [0, 0.05) is 14.1 Å². The molecule has 1 aromatic carbocycles. The molecule has 1 aromatic rings. The number of rotatable bonds is 4. The first-order valence-corrected chi connectivity index (χ1v) is 5.08. The van der Waals surface area contributed by atoms with Crippen molar-refractivity contribution in [1.29, 1.82) is 0 Å². The topological polar surface area (TPSA) is 55.6 Å². The molecule has 0 aliphatic rings. The summed E-state index contributed by atoms with van der Waals surface area (Å²) in [5.41, 5.74) is -0.270. The SMILES string of the molecule is CN(C)C=Cc1ccc(OC(F)(F)F)cc1[N+](=O)[O-]. The molecule has 0 saturated carbocycles. The van der Waals surface area contributed by atoms with E-state index in [1.165, 1.54) is 12.1 Å². The third kappa shape index (κ3) is 4.86. The second-order valence-electron chi connectivity index (χ2n) is 3.80. The molecule has 0 N–H and O–H groups in total. The fraction of sp³-hybridized carbons (Fsp3) is 0.273. The summed E-state index contributed by atoms with van der Waals surface area (Å²) in [6.45, 7) is 0. The van der Waals surface area contributed by atoms with Crippen LogP contribution in [0.2, 0.25) is 0 Å². The molecule has 0 aromatic heterocycles. The molecule has 19 heavy (non-hydrogen) atoms. The maximum atomic E-state index is 12.0. The summed E-state index contributed by atoms with van der Waals surface area (Å²) >= 11 is 0. The lowest BCUT2D eigenvalue weighted by atomic mass is 10.1. The predicted octanol–water partition coefficient (Wildman–Crippen LogP) is 3.03. The van der Waals surface area contributed by atoms with Crippen molar-refractivity contribution >= 4 is 11.8 Å². The van der Waals surface area contributed by atoms with Gasteiger partial charge in [0.25, 0.3) is 5.69 Å². The molecule has 0 heterocycles. The molecule has 1 rings (SSSR count).